The third-order valence-electron chi connectivity index (χ3n) is 2.99. The number of pyridine rings is 1. The maximum atomic E-state index is 11.8. The molecule has 3 N–H and O–H groups in total. The number of carbonyl (C=O) groups is 2. The summed E-state index contributed by atoms with van der Waals surface area (Å²) in [6, 6.07) is 5.02. The summed E-state index contributed by atoms with van der Waals surface area (Å²) in [6.07, 6.45) is 1.04. The van der Waals surface area contributed by atoms with Crippen molar-refractivity contribution >= 4 is 12.0 Å². The molecule has 1 aromatic rings. The van der Waals surface area contributed by atoms with Gasteiger partial charge in [0, 0.05) is 5.69 Å². The van der Waals surface area contributed by atoms with Gasteiger partial charge in [0.15, 0.2) is 0 Å². The summed E-state index contributed by atoms with van der Waals surface area (Å²) in [5.41, 5.74) is 0.345. The molecular weight excluding hydrogens is 258 g/mol. The van der Waals surface area contributed by atoms with Gasteiger partial charge < -0.3 is 15.7 Å². The fourth-order valence-corrected chi connectivity index (χ4v) is 1.89. The lowest BCUT2D eigenvalue weighted by Crippen LogP contribution is -2.55. The summed E-state index contributed by atoms with van der Waals surface area (Å²) in [5.74, 6) is -1.04. The van der Waals surface area contributed by atoms with E-state index in [-0.39, 0.29) is 6.54 Å². The number of carbonyl (C=O) groups excluding carboxylic acids is 1. The Morgan fingerprint density at radius 1 is 1.40 bits per heavy atom. The zero-order valence-corrected chi connectivity index (χ0v) is 12.1. The number of hydrogen-bond donors (Lipinski definition) is 3. The van der Waals surface area contributed by atoms with Gasteiger partial charge in [-0.15, -0.1) is 0 Å². The molecule has 0 aliphatic carbocycles. The predicted octanol–water partition coefficient (Wildman–Crippen LogP) is 1.83. The molecule has 0 aromatic carbocycles. The van der Waals surface area contributed by atoms with Gasteiger partial charge in [0.1, 0.15) is 5.54 Å². The lowest BCUT2D eigenvalue weighted by Gasteiger charge is -2.25. The Hall–Kier alpha value is -2.11. The van der Waals surface area contributed by atoms with Crippen molar-refractivity contribution in [3.63, 3.8) is 0 Å². The number of aliphatic carboxylic acids is 1. The summed E-state index contributed by atoms with van der Waals surface area (Å²) in [4.78, 5) is 27.2. The summed E-state index contributed by atoms with van der Waals surface area (Å²) in [6.45, 7) is 5.50. The van der Waals surface area contributed by atoms with Crippen LogP contribution in [0.15, 0.2) is 18.2 Å². The van der Waals surface area contributed by atoms with Crippen LogP contribution in [-0.4, -0.2) is 27.6 Å². The Bertz CT molecular complexity index is 490. The van der Waals surface area contributed by atoms with Crippen molar-refractivity contribution in [3.05, 3.63) is 29.6 Å². The van der Waals surface area contributed by atoms with E-state index >= 15 is 0 Å². The zero-order chi connectivity index (χ0) is 15.2. The van der Waals surface area contributed by atoms with Gasteiger partial charge in [0.05, 0.1) is 12.2 Å². The summed E-state index contributed by atoms with van der Waals surface area (Å²) >= 11 is 0. The molecule has 110 valence electrons. The molecular formula is C14H21N3O3. The van der Waals surface area contributed by atoms with Crippen LogP contribution in [0.5, 0.6) is 0 Å². The molecule has 2 amide bonds. The molecule has 1 heterocycles. The van der Waals surface area contributed by atoms with E-state index in [0.717, 1.165) is 11.4 Å². The minimum atomic E-state index is -1.25. The highest BCUT2D eigenvalue weighted by atomic mass is 16.4. The Morgan fingerprint density at radius 3 is 2.65 bits per heavy atom. The van der Waals surface area contributed by atoms with Crippen molar-refractivity contribution in [2.45, 2.75) is 45.7 Å². The van der Waals surface area contributed by atoms with Gasteiger partial charge >= 0.3 is 12.0 Å². The van der Waals surface area contributed by atoms with E-state index in [1.54, 1.807) is 6.07 Å². The Kier molecular flexibility index (Phi) is 5.49. The molecule has 0 saturated carbocycles. The summed E-state index contributed by atoms with van der Waals surface area (Å²) in [7, 11) is 0. The number of urea groups is 1. The lowest BCUT2D eigenvalue weighted by molar-refractivity contribution is -0.144. The van der Waals surface area contributed by atoms with Crippen LogP contribution in [0.4, 0.5) is 4.79 Å². The van der Waals surface area contributed by atoms with Gasteiger partial charge in [0.2, 0.25) is 0 Å². The summed E-state index contributed by atoms with van der Waals surface area (Å²) < 4.78 is 0. The Balaban J connectivity index is 2.56. The maximum absolute atomic E-state index is 11.8. The highest BCUT2D eigenvalue weighted by Crippen LogP contribution is 2.12. The standard InChI is InChI=1S/C14H21N3O3/c1-4-8-14(3,12(18)19)17-13(20)15-9-11-7-5-6-10(2)16-11/h5-7H,4,8-9H2,1-3H3,(H,18,19)(H2,15,17,20). The molecule has 0 saturated heterocycles. The average Bonchev–Trinajstić information content (AvgIpc) is 2.36. The third kappa shape index (κ3) is 4.53. The van der Waals surface area contributed by atoms with Crippen LogP contribution in [0.3, 0.4) is 0 Å². The van der Waals surface area contributed by atoms with Gasteiger partial charge in [-0.2, -0.15) is 0 Å². The second kappa shape index (κ2) is 6.88. The second-order valence-corrected chi connectivity index (χ2v) is 4.97. The SMILES string of the molecule is CCCC(C)(NC(=O)NCc1cccc(C)n1)C(=O)O. The highest BCUT2D eigenvalue weighted by molar-refractivity contribution is 5.85. The molecule has 1 rings (SSSR count). The van der Waals surface area contributed by atoms with Crippen molar-refractivity contribution < 1.29 is 14.7 Å². The van der Waals surface area contributed by atoms with Crippen LogP contribution < -0.4 is 10.6 Å². The van der Waals surface area contributed by atoms with Crippen molar-refractivity contribution in [2.75, 3.05) is 0 Å². The smallest absolute Gasteiger partial charge is 0.329 e. The maximum Gasteiger partial charge on any atom is 0.329 e. The number of aryl methyl sites for hydroxylation is 1. The number of rotatable bonds is 6. The molecule has 1 atom stereocenters. The van der Waals surface area contributed by atoms with E-state index in [2.05, 4.69) is 15.6 Å². The van der Waals surface area contributed by atoms with E-state index in [1.165, 1.54) is 6.92 Å². The molecule has 6 heteroatoms. The second-order valence-electron chi connectivity index (χ2n) is 4.97. The third-order valence-corrected chi connectivity index (χ3v) is 2.99. The lowest BCUT2D eigenvalue weighted by atomic mass is 9.97. The minimum absolute atomic E-state index is 0.259. The molecule has 0 bridgehead atoms. The number of amides is 2. The molecule has 1 aromatic heterocycles. The van der Waals surface area contributed by atoms with Gasteiger partial charge in [-0.3, -0.25) is 4.98 Å². The van der Waals surface area contributed by atoms with E-state index in [4.69, 9.17) is 0 Å². The first-order chi connectivity index (χ1) is 9.37. The summed E-state index contributed by atoms with van der Waals surface area (Å²) in [5, 5.41) is 14.3. The quantitative estimate of drug-likeness (QED) is 0.741. The number of carboxylic acid groups (broad SMARTS) is 1. The predicted molar refractivity (Wildman–Crippen MR) is 75.3 cm³/mol. The highest BCUT2D eigenvalue weighted by Gasteiger charge is 2.33. The first-order valence-electron chi connectivity index (χ1n) is 6.59. The fraction of sp³-hybridized carbons (Fsp3) is 0.500. The molecule has 6 nitrogen and oxygen atoms in total. The largest absolute Gasteiger partial charge is 0.480 e. The van der Waals surface area contributed by atoms with Crippen LogP contribution in [0.25, 0.3) is 0 Å². The molecule has 0 fully saturated rings. The molecule has 0 aliphatic heterocycles. The van der Waals surface area contributed by atoms with Crippen LogP contribution >= 0.6 is 0 Å². The first-order valence-corrected chi connectivity index (χ1v) is 6.59. The molecule has 1 unspecified atom stereocenters. The van der Waals surface area contributed by atoms with Gasteiger partial charge in [-0.1, -0.05) is 19.4 Å². The van der Waals surface area contributed by atoms with Crippen LogP contribution in [0.2, 0.25) is 0 Å². The Labute approximate surface area is 118 Å². The molecule has 0 spiro atoms. The average molecular weight is 279 g/mol. The minimum Gasteiger partial charge on any atom is -0.480 e. The number of nitrogens with one attached hydrogen (secondary N) is 2. The van der Waals surface area contributed by atoms with Crippen LogP contribution in [-0.2, 0) is 11.3 Å². The van der Waals surface area contributed by atoms with Crippen LogP contribution in [0, 0.1) is 6.92 Å². The zero-order valence-electron chi connectivity index (χ0n) is 12.1. The molecule has 0 aliphatic rings. The molecule has 20 heavy (non-hydrogen) atoms. The number of aromatic nitrogens is 1. The van der Waals surface area contributed by atoms with Gasteiger partial charge in [0.25, 0.3) is 0 Å². The van der Waals surface area contributed by atoms with Gasteiger partial charge in [-0.25, -0.2) is 9.59 Å². The van der Waals surface area contributed by atoms with Crippen LogP contribution in [0.1, 0.15) is 38.1 Å². The monoisotopic (exact) mass is 279 g/mol. The molecule has 0 radical (unpaired) electrons. The van der Waals surface area contributed by atoms with E-state index in [0.29, 0.717) is 12.8 Å². The van der Waals surface area contributed by atoms with E-state index in [9.17, 15) is 14.7 Å². The topological polar surface area (TPSA) is 91.3 Å². The van der Waals surface area contributed by atoms with Crippen molar-refractivity contribution in [3.8, 4) is 0 Å². The first kappa shape index (κ1) is 15.9. The van der Waals surface area contributed by atoms with Gasteiger partial charge in [-0.05, 0) is 32.4 Å². The van der Waals surface area contributed by atoms with E-state index in [1.807, 2.05) is 26.0 Å². The van der Waals surface area contributed by atoms with Crippen molar-refractivity contribution in [1.29, 1.82) is 0 Å². The number of carboxylic acids is 1. The van der Waals surface area contributed by atoms with Crippen molar-refractivity contribution in [1.82, 2.24) is 15.6 Å². The number of hydrogen-bond acceptors (Lipinski definition) is 3. The fourth-order valence-electron chi connectivity index (χ4n) is 1.89. The normalized spacial score (nSPS) is 13.3. The van der Waals surface area contributed by atoms with Crippen molar-refractivity contribution in [2.24, 2.45) is 0 Å². The Morgan fingerprint density at radius 2 is 2.10 bits per heavy atom. The van der Waals surface area contributed by atoms with E-state index < -0.39 is 17.5 Å². The number of nitrogens with zero attached hydrogens (tertiary/aromatic N) is 1.